The van der Waals surface area contributed by atoms with Gasteiger partial charge in [-0.25, -0.2) is 4.79 Å². The average Bonchev–Trinajstić information content (AvgIpc) is 1.85. The first kappa shape index (κ1) is 5.31. The van der Waals surface area contributed by atoms with Gasteiger partial charge in [0, 0.05) is 5.57 Å². The molecule has 0 bridgehead atoms. The second-order valence-electron chi connectivity index (χ2n) is 1.65. The monoisotopic (exact) mass is 114 g/mol. The van der Waals surface area contributed by atoms with Crippen molar-refractivity contribution in [1.82, 2.24) is 0 Å². The Hall–Kier alpha value is -0.830. The molecule has 0 unspecified atom stereocenters. The van der Waals surface area contributed by atoms with Crippen molar-refractivity contribution in [2.75, 3.05) is 0 Å². The molecule has 0 saturated heterocycles. The number of hydrogen-bond donors (Lipinski definition) is 1. The summed E-state index contributed by atoms with van der Waals surface area (Å²) >= 11 is 0. The number of hydrogen-bond acceptors (Lipinski definition) is 3. The molecule has 0 aromatic rings. The molecule has 1 N–H and O–H groups in total. The minimum Gasteiger partial charge on any atom is -0.429 e. The van der Waals surface area contributed by atoms with Crippen molar-refractivity contribution in [3.8, 4) is 0 Å². The van der Waals surface area contributed by atoms with E-state index in [4.69, 9.17) is 5.11 Å². The molecule has 1 atom stereocenters. The summed E-state index contributed by atoms with van der Waals surface area (Å²) in [7, 11) is 0. The highest BCUT2D eigenvalue weighted by atomic mass is 16.6. The summed E-state index contributed by atoms with van der Waals surface area (Å²) in [4.78, 5) is 10.3. The first-order chi connectivity index (χ1) is 3.70. The Morgan fingerprint density at radius 3 is 2.62 bits per heavy atom. The van der Waals surface area contributed by atoms with Crippen LogP contribution in [0.25, 0.3) is 0 Å². The van der Waals surface area contributed by atoms with Crippen molar-refractivity contribution in [3.63, 3.8) is 0 Å². The molecular formula is C5H6O3. The molecule has 3 nitrogen and oxygen atoms in total. The molecule has 0 radical (unpaired) electrons. The molecule has 0 spiro atoms. The molecule has 1 aliphatic rings. The van der Waals surface area contributed by atoms with Crippen LogP contribution in [0.4, 0.5) is 0 Å². The smallest absolute Gasteiger partial charge is 0.336 e. The zero-order valence-electron chi connectivity index (χ0n) is 4.42. The summed E-state index contributed by atoms with van der Waals surface area (Å²) in [6.07, 6.45) is 0.352. The second kappa shape index (κ2) is 1.59. The van der Waals surface area contributed by atoms with Crippen LogP contribution in [0.5, 0.6) is 0 Å². The van der Waals surface area contributed by atoms with Crippen molar-refractivity contribution in [2.24, 2.45) is 0 Å². The fourth-order valence-electron chi connectivity index (χ4n) is 0.519. The van der Waals surface area contributed by atoms with Crippen LogP contribution in [-0.2, 0) is 9.53 Å². The summed E-state index contributed by atoms with van der Waals surface area (Å²) < 4.78 is 4.30. The summed E-state index contributed by atoms with van der Waals surface area (Å²) in [6, 6.07) is 0. The normalized spacial score (nSPS) is 27.5. The van der Waals surface area contributed by atoms with Gasteiger partial charge >= 0.3 is 5.97 Å². The number of cyclic esters (lactones) is 1. The van der Waals surface area contributed by atoms with Crippen LogP contribution in [-0.4, -0.2) is 17.4 Å². The van der Waals surface area contributed by atoms with E-state index in [0.717, 1.165) is 0 Å². The maximum absolute atomic E-state index is 10.3. The minimum atomic E-state index is -1.01. The van der Waals surface area contributed by atoms with Gasteiger partial charge < -0.3 is 9.84 Å². The van der Waals surface area contributed by atoms with E-state index in [1.54, 1.807) is 6.92 Å². The van der Waals surface area contributed by atoms with Gasteiger partial charge in [0.05, 0.1) is 0 Å². The Kier molecular flexibility index (Phi) is 1.06. The molecule has 0 aromatic carbocycles. The molecule has 0 aliphatic carbocycles. The highest BCUT2D eigenvalue weighted by molar-refractivity contribution is 5.89. The fraction of sp³-hybridized carbons (Fsp3) is 0.400. The molecule has 44 valence electrons. The van der Waals surface area contributed by atoms with Gasteiger partial charge in [-0.3, -0.25) is 0 Å². The predicted octanol–water partition coefficient (Wildman–Crippen LogP) is -0.192. The number of esters is 1. The molecule has 1 rings (SSSR count). The van der Waals surface area contributed by atoms with Crippen molar-refractivity contribution in [2.45, 2.75) is 13.2 Å². The van der Waals surface area contributed by atoms with Crippen LogP contribution in [0.1, 0.15) is 6.92 Å². The molecule has 0 aromatic heterocycles. The standard InChI is InChI=1S/C5H6O3/c1-3-2-4(6)8-5(3)7/h2,4,6H,1H3/t4-/m1/s1. The topological polar surface area (TPSA) is 46.5 Å². The van der Waals surface area contributed by atoms with Gasteiger partial charge in [0.1, 0.15) is 0 Å². The Balaban J connectivity index is 2.73. The van der Waals surface area contributed by atoms with Gasteiger partial charge in [0.2, 0.25) is 6.29 Å². The Labute approximate surface area is 46.6 Å². The molecule has 8 heavy (non-hydrogen) atoms. The van der Waals surface area contributed by atoms with E-state index in [2.05, 4.69) is 4.74 Å². The maximum atomic E-state index is 10.3. The van der Waals surface area contributed by atoms with Crippen LogP contribution in [0, 0.1) is 0 Å². The number of aliphatic hydroxyl groups is 1. The molecule has 3 heteroatoms. The summed E-state index contributed by atoms with van der Waals surface area (Å²) in [5, 5.41) is 8.55. The largest absolute Gasteiger partial charge is 0.429 e. The van der Waals surface area contributed by atoms with E-state index in [1.165, 1.54) is 6.08 Å². The van der Waals surface area contributed by atoms with Gasteiger partial charge in [0.15, 0.2) is 0 Å². The third-order valence-electron chi connectivity index (χ3n) is 0.942. The first-order valence-electron chi connectivity index (χ1n) is 2.27. The Morgan fingerprint density at radius 2 is 2.50 bits per heavy atom. The predicted molar refractivity (Wildman–Crippen MR) is 25.9 cm³/mol. The van der Waals surface area contributed by atoms with Crippen LogP contribution in [0.15, 0.2) is 11.6 Å². The van der Waals surface area contributed by atoms with Gasteiger partial charge in [0.25, 0.3) is 0 Å². The van der Waals surface area contributed by atoms with Crippen LogP contribution < -0.4 is 0 Å². The summed E-state index contributed by atoms with van der Waals surface area (Å²) in [5.41, 5.74) is 0.470. The highest BCUT2D eigenvalue weighted by Crippen LogP contribution is 2.09. The van der Waals surface area contributed by atoms with E-state index >= 15 is 0 Å². The molecule has 0 fully saturated rings. The zero-order chi connectivity index (χ0) is 6.15. The average molecular weight is 114 g/mol. The number of carbonyl (C=O) groups excluding carboxylic acids is 1. The SMILES string of the molecule is CC1=C[C@H](O)OC1=O. The molecule has 0 saturated carbocycles. The lowest BCUT2D eigenvalue weighted by Crippen LogP contribution is -2.05. The third-order valence-corrected chi connectivity index (χ3v) is 0.942. The Bertz CT molecular complexity index is 148. The second-order valence-corrected chi connectivity index (χ2v) is 1.65. The lowest BCUT2D eigenvalue weighted by atomic mass is 10.3. The lowest BCUT2D eigenvalue weighted by molar-refractivity contribution is -0.151. The third kappa shape index (κ3) is 0.721. The van der Waals surface area contributed by atoms with Crippen molar-refractivity contribution in [3.05, 3.63) is 11.6 Å². The molecule has 0 amide bonds. The lowest BCUT2D eigenvalue weighted by Gasteiger charge is -1.95. The van der Waals surface area contributed by atoms with Crippen LogP contribution >= 0.6 is 0 Å². The van der Waals surface area contributed by atoms with E-state index < -0.39 is 12.3 Å². The first-order valence-corrected chi connectivity index (χ1v) is 2.27. The summed E-state index contributed by atoms with van der Waals surface area (Å²) in [5.74, 6) is -0.433. The fourth-order valence-corrected chi connectivity index (χ4v) is 0.519. The number of rotatable bonds is 0. The van der Waals surface area contributed by atoms with Crippen LogP contribution in [0.3, 0.4) is 0 Å². The molecule has 1 aliphatic heterocycles. The van der Waals surface area contributed by atoms with E-state index in [9.17, 15) is 4.79 Å². The Morgan fingerprint density at radius 1 is 1.88 bits per heavy atom. The quantitative estimate of drug-likeness (QED) is 0.444. The van der Waals surface area contributed by atoms with Crippen molar-refractivity contribution >= 4 is 5.97 Å². The van der Waals surface area contributed by atoms with E-state index in [0.29, 0.717) is 5.57 Å². The van der Waals surface area contributed by atoms with Crippen molar-refractivity contribution in [1.29, 1.82) is 0 Å². The highest BCUT2D eigenvalue weighted by Gasteiger charge is 2.18. The molecule has 1 heterocycles. The van der Waals surface area contributed by atoms with Gasteiger partial charge in [-0.05, 0) is 13.0 Å². The minimum absolute atomic E-state index is 0.433. The number of aliphatic hydroxyl groups excluding tert-OH is 1. The van der Waals surface area contributed by atoms with Gasteiger partial charge in [-0.1, -0.05) is 0 Å². The molecular weight excluding hydrogens is 108 g/mol. The van der Waals surface area contributed by atoms with E-state index in [1.807, 2.05) is 0 Å². The van der Waals surface area contributed by atoms with Gasteiger partial charge in [-0.15, -0.1) is 0 Å². The van der Waals surface area contributed by atoms with Crippen molar-refractivity contribution < 1.29 is 14.6 Å². The maximum Gasteiger partial charge on any atom is 0.336 e. The summed E-state index contributed by atoms with van der Waals surface area (Å²) in [6.45, 7) is 1.60. The number of ether oxygens (including phenoxy) is 1. The van der Waals surface area contributed by atoms with Gasteiger partial charge in [-0.2, -0.15) is 0 Å². The number of carbonyl (C=O) groups is 1. The van der Waals surface area contributed by atoms with E-state index in [-0.39, 0.29) is 0 Å². The zero-order valence-corrected chi connectivity index (χ0v) is 4.42. The van der Waals surface area contributed by atoms with Crippen LogP contribution in [0.2, 0.25) is 0 Å².